The van der Waals surface area contributed by atoms with E-state index in [2.05, 4.69) is 15.7 Å². The van der Waals surface area contributed by atoms with E-state index in [1.54, 1.807) is 56.3 Å². The Morgan fingerprint density at radius 1 is 1.09 bits per heavy atom. The van der Waals surface area contributed by atoms with Crippen molar-refractivity contribution in [2.75, 3.05) is 32.0 Å². The number of amides is 2. The number of anilines is 2. The Hall–Kier alpha value is -4.01. The van der Waals surface area contributed by atoms with Gasteiger partial charge in [0.15, 0.2) is 11.5 Å². The van der Waals surface area contributed by atoms with Gasteiger partial charge in [-0.2, -0.15) is 5.10 Å². The van der Waals surface area contributed by atoms with Crippen molar-refractivity contribution in [3.05, 3.63) is 48.2 Å². The van der Waals surface area contributed by atoms with Crippen LogP contribution in [0.25, 0.3) is 11.1 Å². The van der Waals surface area contributed by atoms with Crippen LogP contribution in [0.4, 0.5) is 11.5 Å². The van der Waals surface area contributed by atoms with Crippen LogP contribution in [0, 0.1) is 6.92 Å². The van der Waals surface area contributed by atoms with E-state index in [1.165, 1.54) is 0 Å². The minimum absolute atomic E-state index is 0.0530. The lowest BCUT2D eigenvalue weighted by molar-refractivity contribution is -0.123. The molecule has 32 heavy (non-hydrogen) atoms. The summed E-state index contributed by atoms with van der Waals surface area (Å²) >= 11 is 0. The summed E-state index contributed by atoms with van der Waals surface area (Å²) < 4.78 is 17.5. The number of carbonyl (C=O) groups excluding carboxylic acids is 2. The number of carbonyl (C=O) groups is 2. The first-order valence-corrected chi connectivity index (χ1v) is 10.0. The summed E-state index contributed by atoms with van der Waals surface area (Å²) in [5, 5.41) is 10.2. The first kappa shape index (κ1) is 21.2. The van der Waals surface area contributed by atoms with Crippen molar-refractivity contribution < 1.29 is 23.8 Å². The minimum Gasteiger partial charge on any atom is -0.497 e. The van der Waals surface area contributed by atoms with Crippen LogP contribution in [0.15, 0.2) is 42.5 Å². The molecule has 0 bridgehead atoms. The number of hydrogen-bond donors (Lipinski definition) is 2. The predicted molar refractivity (Wildman–Crippen MR) is 119 cm³/mol. The lowest BCUT2D eigenvalue weighted by atomic mass is 10.1. The molecule has 1 unspecified atom stereocenters. The summed E-state index contributed by atoms with van der Waals surface area (Å²) in [5.74, 6) is 1.78. The first-order chi connectivity index (χ1) is 15.4. The Balaban J connectivity index is 1.59. The summed E-state index contributed by atoms with van der Waals surface area (Å²) in [7, 11) is 4.69. The fraction of sp³-hybridized carbons (Fsp3) is 0.261. The van der Waals surface area contributed by atoms with E-state index in [9.17, 15) is 9.59 Å². The fourth-order valence-electron chi connectivity index (χ4n) is 3.81. The highest BCUT2D eigenvalue weighted by molar-refractivity contribution is 6.04. The zero-order chi connectivity index (χ0) is 22.8. The van der Waals surface area contributed by atoms with E-state index in [1.807, 2.05) is 19.1 Å². The molecule has 2 heterocycles. The van der Waals surface area contributed by atoms with Gasteiger partial charge in [-0.3, -0.25) is 9.59 Å². The van der Waals surface area contributed by atoms with E-state index in [0.717, 1.165) is 16.8 Å². The molecule has 3 aromatic rings. The van der Waals surface area contributed by atoms with Crippen molar-refractivity contribution in [3.8, 4) is 28.4 Å². The number of ether oxygens (including phenoxy) is 3. The normalized spacial score (nSPS) is 14.5. The second-order valence-corrected chi connectivity index (χ2v) is 7.31. The van der Waals surface area contributed by atoms with Crippen LogP contribution in [0.1, 0.15) is 18.2 Å². The molecule has 4 rings (SSSR count). The van der Waals surface area contributed by atoms with Gasteiger partial charge in [0, 0.05) is 17.3 Å². The molecule has 0 aliphatic carbocycles. The highest BCUT2D eigenvalue weighted by Crippen LogP contribution is 2.41. The number of rotatable bonds is 7. The number of fused-ring (bicyclic) bond motifs is 1. The van der Waals surface area contributed by atoms with Gasteiger partial charge in [-0.15, -0.1) is 0 Å². The maximum absolute atomic E-state index is 12.7. The number of nitrogens with zero attached hydrogens (tertiary/aromatic N) is 2. The Morgan fingerprint density at radius 3 is 2.59 bits per heavy atom. The van der Waals surface area contributed by atoms with Gasteiger partial charge in [0.25, 0.3) is 5.91 Å². The van der Waals surface area contributed by atoms with Gasteiger partial charge in [-0.25, -0.2) is 4.68 Å². The average Bonchev–Trinajstić information content (AvgIpc) is 3.26. The summed E-state index contributed by atoms with van der Waals surface area (Å²) in [6.45, 7) is 1.86. The zero-order valence-electron chi connectivity index (χ0n) is 18.3. The van der Waals surface area contributed by atoms with Crippen LogP contribution in [0.2, 0.25) is 0 Å². The second-order valence-electron chi connectivity index (χ2n) is 7.31. The van der Waals surface area contributed by atoms with E-state index < -0.39 is 6.04 Å². The third-order valence-electron chi connectivity index (χ3n) is 5.33. The van der Waals surface area contributed by atoms with Gasteiger partial charge in [0.2, 0.25) is 5.91 Å². The number of hydrogen-bond acceptors (Lipinski definition) is 6. The van der Waals surface area contributed by atoms with Crippen LogP contribution < -0.4 is 24.8 Å². The third kappa shape index (κ3) is 3.84. The fourth-order valence-corrected chi connectivity index (χ4v) is 3.81. The Kier molecular flexibility index (Phi) is 5.72. The molecule has 2 amide bonds. The van der Waals surface area contributed by atoms with Gasteiger partial charge in [0.05, 0.1) is 33.4 Å². The van der Waals surface area contributed by atoms with Crippen LogP contribution in [-0.2, 0) is 9.59 Å². The molecule has 1 aromatic heterocycles. The summed E-state index contributed by atoms with van der Waals surface area (Å²) in [4.78, 5) is 25.3. The molecule has 9 heteroatoms. The van der Waals surface area contributed by atoms with Crippen molar-refractivity contribution in [2.24, 2.45) is 0 Å². The van der Waals surface area contributed by atoms with Gasteiger partial charge in [0.1, 0.15) is 17.6 Å². The van der Waals surface area contributed by atoms with E-state index >= 15 is 0 Å². The molecule has 1 atom stereocenters. The molecular weight excluding hydrogens is 412 g/mol. The number of benzene rings is 2. The van der Waals surface area contributed by atoms with Gasteiger partial charge < -0.3 is 24.8 Å². The number of aromatic nitrogens is 2. The van der Waals surface area contributed by atoms with Crippen molar-refractivity contribution in [1.29, 1.82) is 0 Å². The highest BCUT2D eigenvalue weighted by Gasteiger charge is 2.36. The quantitative estimate of drug-likeness (QED) is 0.588. The Bertz CT molecular complexity index is 1190. The monoisotopic (exact) mass is 436 g/mol. The summed E-state index contributed by atoms with van der Waals surface area (Å²) in [6, 6.07) is 11.8. The zero-order valence-corrected chi connectivity index (χ0v) is 18.3. The Morgan fingerprint density at radius 2 is 1.88 bits per heavy atom. The molecule has 2 N–H and O–H groups in total. The molecular formula is C23H24N4O5. The Labute approximate surface area is 185 Å². The van der Waals surface area contributed by atoms with Crippen molar-refractivity contribution in [2.45, 2.75) is 19.4 Å². The second kappa shape index (κ2) is 8.62. The standard InChI is InChI=1S/C23H24N4O5/c1-13-21(14-8-9-18(31-3)19(10-14)32-4)22-25-23(29)17(27(22)26-13)12-20(28)24-15-6-5-7-16(11-15)30-2/h5-11,17H,12H2,1-4H3,(H,24,28)(H,25,29). The molecule has 9 nitrogen and oxygen atoms in total. The maximum Gasteiger partial charge on any atom is 0.251 e. The largest absolute Gasteiger partial charge is 0.497 e. The summed E-state index contributed by atoms with van der Waals surface area (Å²) in [5.41, 5.74) is 2.92. The molecule has 1 aliphatic rings. The van der Waals surface area contributed by atoms with Crippen LogP contribution in [0.5, 0.6) is 17.2 Å². The summed E-state index contributed by atoms with van der Waals surface area (Å²) in [6.07, 6.45) is -0.0530. The number of aryl methyl sites for hydroxylation is 1. The van der Waals surface area contributed by atoms with Crippen LogP contribution in [0.3, 0.4) is 0 Å². The predicted octanol–water partition coefficient (Wildman–Crippen LogP) is 3.41. The van der Waals surface area contributed by atoms with E-state index in [0.29, 0.717) is 28.8 Å². The average molecular weight is 436 g/mol. The number of nitrogens with one attached hydrogen (secondary N) is 2. The van der Waals surface area contributed by atoms with Gasteiger partial charge in [-0.05, 0) is 36.8 Å². The van der Waals surface area contributed by atoms with E-state index in [-0.39, 0.29) is 18.2 Å². The molecule has 0 saturated heterocycles. The van der Waals surface area contributed by atoms with Crippen LogP contribution >= 0.6 is 0 Å². The molecule has 166 valence electrons. The van der Waals surface area contributed by atoms with Crippen molar-refractivity contribution in [3.63, 3.8) is 0 Å². The highest BCUT2D eigenvalue weighted by atomic mass is 16.5. The van der Waals surface area contributed by atoms with Crippen molar-refractivity contribution >= 4 is 23.3 Å². The first-order valence-electron chi connectivity index (χ1n) is 10.0. The van der Waals surface area contributed by atoms with Gasteiger partial charge >= 0.3 is 0 Å². The molecule has 2 aromatic carbocycles. The van der Waals surface area contributed by atoms with Crippen molar-refractivity contribution in [1.82, 2.24) is 9.78 Å². The molecule has 0 spiro atoms. The van der Waals surface area contributed by atoms with Gasteiger partial charge in [-0.1, -0.05) is 12.1 Å². The lowest BCUT2D eigenvalue weighted by Gasteiger charge is -2.10. The third-order valence-corrected chi connectivity index (χ3v) is 5.33. The smallest absolute Gasteiger partial charge is 0.251 e. The molecule has 0 fully saturated rings. The lowest BCUT2D eigenvalue weighted by Crippen LogP contribution is -2.23. The molecule has 0 radical (unpaired) electrons. The maximum atomic E-state index is 12.7. The minimum atomic E-state index is -0.747. The van der Waals surface area contributed by atoms with Crippen LogP contribution in [-0.4, -0.2) is 42.9 Å². The van der Waals surface area contributed by atoms with E-state index in [4.69, 9.17) is 14.2 Å². The molecule has 0 saturated carbocycles. The molecule has 1 aliphatic heterocycles. The number of methoxy groups -OCH3 is 3. The SMILES string of the molecule is COc1cccc(NC(=O)CC2C(=O)Nc3c(-c4ccc(OC)c(OC)c4)c(C)nn32)c1. The topological polar surface area (TPSA) is 104 Å².